The first-order chi connectivity index (χ1) is 7.56. The number of nitrogens with one attached hydrogen (secondary N) is 1. The Labute approximate surface area is 102 Å². The molecule has 3 nitrogen and oxygen atoms in total. The van der Waals surface area contributed by atoms with Crippen LogP contribution in [0.2, 0.25) is 0 Å². The molecule has 1 fully saturated rings. The van der Waals surface area contributed by atoms with Gasteiger partial charge in [-0.25, -0.2) is 4.39 Å². The number of hydrogen-bond donors (Lipinski definition) is 3. The summed E-state index contributed by atoms with van der Waals surface area (Å²) >= 11 is 3.08. The van der Waals surface area contributed by atoms with Crippen molar-refractivity contribution in [3.63, 3.8) is 0 Å². The van der Waals surface area contributed by atoms with Crippen LogP contribution in [0.25, 0.3) is 0 Å². The van der Waals surface area contributed by atoms with E-state index in [0.717, 1.165) is 19.3 Å². The number of nitrogens with two attached hydrogens (primary N) is 1. The zero-order valence-electron chi connectivity index (χ0n) is 8.76. The first-order valence-corrected chi connectivity index (χ1v) is 5.99. The van der Waals surface area contributed by atoms with Crippen molar-refractivity contribution < 1.29 is 9.50 Å². The molecular formula is C11H14BrFN2O. The molecule has 88 valence electrons. The number of aliphatic hydroxyl groups excluding tert-OH is 1. The summed E-state index contributed by atoms with van der Waals surface area (Å²) in [5.41, 5.74) is 6.51. The van der Waals surface area contributed by atoms with E-state index in [2.05, 4.69) is 21.2 Å². The summed E-state index contributed by atoms with van der Waals surface area (Å²) in [7, 11) is 0. The second-order valence-corrected chi connectivity index (χ2v) is 5.12. The summed E-state index contributed by atoms with van der Waals surface area (Å²) in [6.07, 6.45) is 2.85. The Hall–Kier alpha value is -0.810. The van der Waals surface area contributed by atoms with Crippen molar-refractivity contribution in [2.45, 2.75) is 24.8 Å². The molecule has 0 heterocycles. The minimum absolute atomic E-state index is 0.0458. The molecule has 0 aromatic heterocycles. The Morgan fingerprint density at radius 3 is 2.69 bits per heavy atom. The zero-order valence-corrected chi connectivity index (χ0v) is 10.3. The van der Waals surface area contributed by atoms with Crippen molar-refractivity contribution in [2.24, 2.45) is 0 Å². The third-order valence-electron chi connectivity index (χ3n) is 3.11. The number of halogens is 2. The monoisotopic (exact) mass is 288 g/mol. The first kappa shape index (κ1) is 11.7. The van der Waals surface area contributed by atoms with Gasteiger partial charge in [0.05, 0.1) is 28.0 Å². The average molecular weight is 289 g/mol. The molecule has 0 bridgehead atoms. The number of anilines is 2. The maximum absolute atomic E-state index is 13.4. The quantitative estimate of drug-likeness (QED) is 0.749. The predicted molar refractivity (Wildman–Crippen MR) is 65.8 cm³/mol. The third kappa shape index (κ3) is 2.01. The summed E-state index contributed by atoms with van der Waals surface area (Å²) in [4.78, 5) is 0. The summed E-state index contributed by atoms with van der Waals surface area (Å²) in [5.74, 6) is -0.357. The smallest absolute Gasteiger partial charge is 0.139 e. The number of nitrogen functional groups attached to an aromatic ring is 1. The van der Waals surface area contributed by atoms with Crippen LogP contribution in [0.4, 0.5) is 15.8 Å². The van der Waals surface area contributed by atoms with Crippen LogP contribution in [0.15, 0.2) is 16.6 Å². The maximum atomic E-state index is 13.4. The van der Waals surface area contributed by atoms with Crippen LogP contribution >= 0.6 is 15.9 Å². The van der Waals surface area contributed by atoms with E-state index < -0.39 is 0 Å². The molecular weight excluding hydrogens is 275 g/mol. The fourth-order valence-electron chi connectivity index (χ4n) is 1.88. The van der Waals surface area contributed by atoms with Gasteiger partial charge in [-0.05, 0) is 41.3 Å². The molecule has 0 radical (unpaired) electrons. The molecule has 16 heavy (non-hydrogen) atoms. The van der Waals surface area contributed by atoms with Gasteiger partial charge in [0, 0.05) is 6.07 Å². The van der Waals surface area contributed by atoms with Crippen LogP contribution in [0, 0.1) is 5.82 Å². The van der Waals surface area contributed by atoms with E-state index in [-0.39, 0.29) is 18.0 Å². The minimum Gasteiger partial charge on any atom is -0.397 e. The van der Waals surface area contributed by atoms with Gasteiger partial charge < -0.3 is 16.2 Å². The maximum Gasteiger partial charge on any atom is 0.139 e. The van der Waals surface area contributed by atoms with Crippen molar-refractivity contribution in [1.82, 2.24) is 0 Å². The molecule has 1 aliphatic rings. The van der Waals surface area contributed by atoms with Crippen LogP contribution in [0.3, 0.4) is 0 Å². The lowest BCUT2D eigenvalue weighted by Gasteiger charge is -2.42. The average Bonchev–Trinajstić information content (AvgIpc) is 2.19. The molecule has 0 amide bonds. The normalized spacial score (nSPS) is 17.9. The molecule has 0 aliphatic heterocycles. The van der Waals surface area contributed by atoms with Crippen molar-refractivity contribution in [3.8, 4) is 0 Å². The van der Waals surface area contributed by atoms with Crippen molar-refractivity contribution in [2.75, 3.05) is 17.7 Å². The van der Waals surface area contributed by atoms with E-state index in [4.69, 9.17) is 5.73 Å². The van der Waals surface area contributed by atoms with E-state index >= 15 is 0 Å². The molecule has 1 saturated carbocycles. The Bertz CT molecular complexity index is 402. The topological polar surface area (TPSA) is 58.3 Å². The second kappa shape index (κ2) is 4.22. The van der Waals surface area contributed by atoms with Crippen LogP contribution in [0.1, 0.15) is 19.3 Å². The van der Waals surface area contributed by atoms with Crippen LogP contribution in [0.5, 0.6) is 0 Å². The summed E-state index contributed by atoms with van der Waals surface area (Å²) in [6, 6.07) is 2.89. The van der Waals surface area contributed by atoms with Gasteiger partial charge in [0.1, 0.15) is 5.82 Å². The third-order valence-corrected chi connectivity index (χ3v) is 3.71. The molecule has 4 N–H and O–H groups in total. The van der Waals surface area contributed by atoms with Gasteiger partial charge in [0.2, 0.25) is 0 Å². The van der Waals surface area contributed by atoms with Crippen molar-refractivity contribution in [1.29, 1.82) is 0 Å². The summed E-state index contributed by atoms with van der Waals surface area (Å²) < 4.78 is 13.7. The van der Waals surface area contributed by atoms with Crippen LogP contribution in [-0.4, -0.2) is 17.3 Å². The number of benzene rings is 1. The molecule has 0 atom stereocenters. The minimum atomic E-state index is -0.357. The van der Waals surface area contributed by atoms with Crippen LogP contribution < -0.4 is 11.1 Å². The fraction of sp³-hybridized carbons (Fsp3) is 0.455. The standard InChI is InChI=1S/C11H14BrFN2O/c12-7-4-9(14)10(5-8(7)13)15-11(6-16)2-1-3-11/h4-5,15-16H,1-3,6,14H2. The van der Waals surface area contributed by atoms with Gasteiger partial charge in [-0.3, -0.25) is 0 Å². The molecule has 0 spiro atoms. The van der Waals surface area contributed by atoms with Gasteiger partial charge in [-0.2, -0.15) is 0 Å². The van der Waals surface area contributed by atoms with Gasteiger partial charge in [0.25, 0.3) is 0 Å². The van der Waals surface area contributed by atoms with E-state index in [1.165, 1.54) is 12.1 Å². The van der Waals surface area contributed by atoms with E-state index in [1.807, 2.05) is 0 Å². The predicted octanol–water partition coefficient (Wildman–Crippen LogP) is 2.50. The lowest BCUT2D eigenvalue weighted by atomic mass is 9.77. The number of aliphatic hydroxyl groups is 1. The second-order valence-electron chi connectivity index (χ2n) is 4.27. The molecule has 0 unspecified atom stereocenters. The van der Waals surface area contributed by atoms with E-state index in [1.54, 1.807) is 0 Å². The molecule has 5 heteroatoms. The largest absolute Gasteiger partial charge is 0.397 e. The van der Waals surface area contributed by atoms with Gasteiger partial charge in [-0.1, -0.05) is 0 Å². The van der Waals surface area contributed by atoms with Gasteiger partial charge in [0.15, 0.2) is 0 Å². The molecule has 1 aromatic carbocycles. The highest BCUT2D eigenvalue weighted by Crippen LogP contribution is 2.37. The Morgan fingerprint density at radius 2 is 2.19 bits per heavy atom. The van der Waals surface area contributed by atoms with Gasteiger partial charge >= 0.3 is 0 Å². The molecule has 1 aliphatic carbocycles. The SMILES string of the molecule is Nc1cc(Br)c(F)cc1NC1(CO)CCC1. The number of hydrogen-bond acceptors (Lipinski definition) is 3. The Kier molecular flexibility index (Phi) is 3.08. The Morgan fingerprint density at radius 1 is 1.50 bits per heavy atom. The van der Waals surface area contributed by atoms with Crippen molar-refractivity contribution in [3.05, 3.63) is 22.4 Å². The fourth-order valence-corrected chi connectivity index (χ4v) is 2.24. The van der Waals surface area contributed by atoms with Gasteiger partial charge in [-0.15, -0.1) is 0 Å². The lowest BCUT2D eigenvalue weighted by molar-refractivity contribution is 0.144. The van der Waals surface area contributed by atoms with E-state index in [9.17, 15) is 9.50 Å². The highest BCUT2D eigenvalue weighted by molar-refractivity contribution is 9.10. The van der Waals surface area contributed by atoms with E-state index in [0.29, 0.717) is 15.8 Å². The molecule has 1 aromatic rings. The summed E-state index contributed by atoms with van der Waals surface area (Å²) in [5, 5.41) is 12.4. The number of rotatable bonds is 3. The lowest BCUT2D eigenvalue weighted by Crippen LogP contribution is -2.48. The molecule has 2 rings (SSSR count). The summed E-state index contributed by atoms with van der Waals surface area (Å²) in [6.45, 7) is 0.0458. The van der Waals surface area contributed by atoms with Crippen LogP contribution in [-0.2, 0) is 0 Å². The molecule has 0 saturated heterocycles. The highest BCUT2D eigenvalue weighted by atomic mass is 79.9. The Balaban J connectivity index is 2.24. The first-order valence-electron chi connectivity index (χ1n) is 5.20. The van der Waals surface area contributed by atoms with Crippen molar-refractivity contribution >= 4 is 27.3 Å². The zero-order chi connectivity index (χ0) is 11.8. The highest BCUT2D eigenvalue weighted by Gasteiger charge is 2.36.